The standard InChI is InChI=1S/C13H15NO3/c15-12(14-8-9-14)6-7-13(16)17-10-11-4-2-1-3-5-11/h1-5H,6-10H2. The number of hydrogen-bond acceptors (Lipinski definition) is 3. The van der Waals surface area contributed by atoms with Gasteiger partial charge in [0.2, 0.25) is 5.91 Å². The Kier molecular flexibility index (Phi) is 3.75. The van der Waals surface area contributed by atoms with Crippen molar-refractivity contribution in [3.8, 4) is 0 Å². The second-order valence-corrected chi connectivity index (χ2v) is 4.03. The minimum Gasteiger partial charge on any atom is -0.461 e. The number of hydrogen-bond donors (Lipinski definition) is 0. The minimum absolute atomic E-state index is 0.0432. The number of ether oxygens (including phenoxy) is 1. The monoisotopic (exact) mass is 233 g/mol. The average molecular weight is 233 g/mol. The number of benzene rings is 1. The van der Waals surface area contributed by atoms with Crippen LogP contribution in [-0.4, -0.2) is 29.9 Å². The van der Waals surface area contributed by atoms with Gasteiger partial charge in [-0.15, -0.1) is 0 Å². The van der Waals surface area contributed by atoms with Crippen LogP contribution in [0.15, 0.2) is 30.3 Å². The Morgan fingerprint density at radius 3 is 2.47 bits per heavy atom. The minimum atomic E-state index is -0.316. The Hall–Kier alpha value is -1.84. The molecule has 4 nitrogen and oxygen atoms in total. The molecule has 1 aliphatic rings. The van der Waals surface area contributed by atoms with Gasteiger partial charge in [0.05, 0.1) is 6.42 Å². The molecule has 1 aromatic rings. The molecule has 0 saturated carbocycles. The quantitative estimate of drug-likeness (QED) is 0.569. The highest BCUT2D eigenvalue weighted by Gasteiger charge is 2.24. The van der Waals surface area contributed by atoms with Crippen LogP contribution < -0.4 is 0 Å². The van der Waals surface area contributed by atoms with Gasteiger partial charge in [0, 0.05) is 19.5 Å². The zero-order chi connectivity index (χ0) is 12.1. The summed E-state index contributed by atoms with van der Waals surface area (Å²) in [4.78, 5) is 24.4. The van der Waals surface area contributed by atoms with Crippen molar-refractivity contribution in [3.63, 3.8) is 0 Å². The molecular formula is C13H15NO3. The highest BCUT2D eigenvalue weighted by Crippen LogP contribution is 2.09. The van der Waals surface area contributed by atoms with Gasteiger partial charge in [-0.05, 0) is 5.56 Å². The van der Waals surface area contributed by atoms with Gasteiger partial charge in [-0.1, -0.05) is 30.3 Å². The third-order valence-corrected chi connectivity index (χ3v) is 2.59. The van der Waals surface area contributed by atoms with Gasteiger partial charge in [-0.25, -0.2) is 0 Å². The zero-order valence-corrected chi connectivity index (χ0v) is 9.59. The SMILES string of the molecule is O=C(CCC(=O)N1CC1)OCc1ccccc1. The third kappa shape index (κ3) is 3.90. The van der Waals surface area contributed by atoms with Crippen LogP contribution in [-0.2, 0) is 20.9 Å². The lowest BCUT2D eigenvalue weighted by Gasteiger charge is -2.04. The molecule has 1 aliphatic heterocycles. The van der Waals surface area contributed by atoms with Crippen molar-refractivity contribution in [3.05, 3.63) is 35.9 Å². The van der Waals surface area contributed by atoms with Crippen LogP contribution >= 0.6 is 0 Å². The van der Waals surface area contributed by atoms with E-state index < -0.39 is 0 Å². The summed E-state index contributed by atoms with van der Waals surface area (Å²) < 4.78 is 5.07. The molecule has 1 amide bonds. The van der Waals surface area contributed by atoms with Crippen LogP contribution in [0.5, 0.6) is 0 Å². The predicted molar refractivity (Wildman–Crippen MR) is 62.1 cm³/mol. The van der Waals surface area contributed by atoms with Gasteiger partial charge >= 0.3 is 5.97 Å². The number of carbonyl (C=O) groups is 2. The summed E-state index contributed by atoms with van der Waals surface area (Å²) in [6, 6.07) is 9.50. The summed E-state index contributed by atoms with van der Waals surface area (Å²) in [7, 11) is 0. The largest absolute Gasteiger partial charge is 0.461 e. The van der Waals surface area contributed by atoms with E-state index in [-0.39, 0.29) is 31.3 Å². The number of rotatable bonds is 5. The molecule has 1 heterocycles. The first-order valence-electron chi connectivity index (χ1n) is 5.73. The van der Waals surface area contributed by atoms with E-state index in [0.29, 0.717) is 0 Å². The molecule has 90 valence electrons. The molecule has 2 rings (SSSR count). The first kappa shape index (κ1) is 11.6. The number of esters is 1. The van der Waals surface area contributed by atoms with Gasteiger partial charge in [0.1, 0.15) is 6.61 Å². The maximum Gasteiger partial charge on any atom is 0.306 e. The van der Waals surface area contributed by atoms with E-state index in [1.165, 1.54) is 0 Å². The van der Waals surface area contributed by atoms with Crippen LogP contribution in [0.25, 0.3) is 0 Å². The molecule has 0 spiro atoms. The number of amides is 1. The molecule has 0 unspecified atom stereocenters. The fourth-order valence-corrected chi connectivity index (χ4v) is 1.48. The molecule has 4 heteroatoms. The molecular weight excluding hydrogens is 218 g/mol. The van der Waals surface area contributed by atoms with E-state index in [1.807, 2.05) is 30.3 Å². The van der Waals surface area contributed by atoms with Gasteiger partial charge in [0.25, 0.3) is 0 Å². The number of carbonyl (C=O) groups excluding carboxylic acids is 2. The van der Waals surface area contributed by atoms with Crippen LogP contribution in [0.2, 0.25) is 0 Å². The lowest BCUT2D eigenvalue weighted by molar-refractivity contribution is -0.146. The Balaban J connectivity index is 1.65. The first-order chi connectivity index (χ1) is 8.25. The van der Waals surface area contributed by atoms with E-state index in [2.05, 4.69) is 0 Å². The Morgan fingerprint density at radius 1 is 1.12 bits per heavy atom. The van der Waals surface area contributed by atoms with Crippen molar-refractivity contribution >= 4 is 11.9 Å². The molecule has 1 saturated heterocycles. The van der Waals surface area contributed by atoms with Crippen LogP contribution in [0, 0.1) is 0 Å². The molecule has 0 atom stereocenters. The van der Waals surface area contributed by atoms with E-state index in [9.17, 15) is 9.59 Å². The zero-order valence-electron chi connectivity index (χ0n) is 9.59. The molecule has 1 aromatic carbocycles. The Bertz CT molecular complexity index is 398. The fourth-order valence-electron chi connectivity index (χ4n) is 1.48. The Labute approximate surface area is 100 Å². The predicted octanol–water partition coefficient (Wildman–Crippen LogP) is 1.35. The highest BCUT2D eigenvalue weighted by atomic mass is 16.5. The van der Waals surface area contributed by atoms with Crippen molar-refractivity contribution in [2.24, 2.45) is 0 Å². The maximum absolute atomic E-state index is 11.4. The van der Waals surface area contributed by atoms with Gasteiger partial charge in [-0.3, -0.25) is 9.59 Å². The van der Waals surface area contributed by atoms with Crippen molar-refractivity contribution in [2.45, 2.75) is 19.4 Å². The molecule has 0 aromatic heterocycles. The topological polar surface area (TPSA) is 46.4 Å². The second-order valence-electron chi connectivity index (χ2n) is 4.03. The van der Waals surface area contributed by atoms with E-state index >= 15 is 0 Å². The summed E-state index contributed by atoms with van der Waals surface area (Å²) in [5, 5.41) is 0. The highest BCUT2D eigenvalue weighted by molar-refractivity contribution is 5.82. The lowest BCUT2D eigenvalue weighted by Crippen LogP contribution is -2.13. The molecule has 0 N–H and O–H groups in total. The normalized spacial score (nSPS) is 13.3. The van der Waals surface area contributed by atoms with Crippen molar-refractivity contribution in [1.82, 2.24) is 4.90 Å². The summed E-state index contributed by atoms with van der Waals surface area (Å²) in [5.41, 5.74) is 0.957. The van der Waals surface area contributed by atoms with E-state index in [0.717, 1.165) is 18.7 Å². The van der Waals surface area contributed by atoms with Crippen LogP contribution in [0.4, 0.5) is 0 Å². The lowest BCUT2D eigenvalue weighted by atomic mass is 10.2. The third-order valence-electron chi connectivity index (χ3n) is 2.59. The fraction of sp³-hybridized carbons (Fsp3) is 0.385. The van der Waals surface area contributed by atoms with E-state index in [1.54, 1.807) is 4.90 Å². The first-order valence-corrected chi connectivity index (χ1v) is 5.73. The summed E-state index contributed by atoms with van der Waals surface area (Å²) >= 11 is 0. The van der Waals surface area contributed by atoms with Crippen molar-refractivity contribution in [2.75, 3.05) is 13.1 Å². The smallest absolute Gasteiger partial charge is 0.306 e. The van der Waals surface area contributed by atoms with Gasteiger partial charge < -0.3 is 9.64 Å². The maximum atomic E-state index is 11.4. The summed E-state index contributed by atoms with van der Waals surface area (Å²) in [6.07, 6.45) is 0.426. The van der Waals surface area contributed by atoms with Crippen LogP contribution in [0.1, 0.15) is 18.4 Å². The molecule has 0 aliphatic carbocycles. The molecule has 0 radical (unpaired) electrons. The van der Waals surface area contributed by atoms with Crippen LogP contribution in [0.3, 0.4) is 0 Å². The van der Waals surface area contributed by atoms with Gasteiger partial charge in [0.15, 0.2) is 0 Å². The molecule has 0 bridgehead atoms. The Morgan fingerprint density at radius 2 is 1.82 bits per heavy atom. The van der Waals surface area contributed by atoms with Crippen molar-refractivity contribution < 1.29 is 14.3 Å². The molecule has 1 fully saturated rings. The molecule has 17 heavy (non-hydrogen) atoms. The number of nitrogens with zero attached hydrogens (tertiary/aromatic N) is 1. The second kappa shape index (κ2) is 5.48. The van der Waals surface area contributed by atoms with E-state index in [4.69, 9.17) is 4.74 Å². The van der Waals surface area contributed by atoms with Crippen molar-refractivity contribution in [1.29, 1.82) is 0 Å². The van der Waals surface area contributed by atoms with Gasteiger partial charge in [-0.2, -0.15) is 0 Å². The summed E-state index contributed by atoms with van der Waals surface area (Å²) in [6.45, 7) is 1.94. The average Bonchev–Trinajstić information content (AvgIpc) is 3.19. The summed E-state index contributed by atoms with van der Waals surface area (Å²) in [5.74, 6) is -0.272.